The van der Waals surface area contributed by atoms with Crippen LogP contribution < -0.4 is 10.6 Å². The van der Waals surface area contributed by atoms with Crippen LogP contribution in [0.3, 0.4) is 0 Å². The van der Waals surface area contributed by atoms with Crippen LogP contribution in [-0.4, -0.2) is 30.7 Å². The van der Waals surface area contributed by atoms with Gasteiger partial charge in [0.05, 0.1) is 0 Å². The third-order valence-corrected chi connectivity index (χ3v) is 3.55. The van der Waals surface area contributed by atoms with Gasteiger partial charge >= 0.3 is 0 Å². The predicted molar refractivity (Wildman–Crippen MR) is 75.4 cm³/mol. The summed E-state index contributed by atoms with van der Waals surface area (Å²) in [6.45, 7) is 4.38. The standard InChI is InChI=1S/C15H17N3O2/c1-10-13(15(19)17-9-11-7-16-8-11)14(18-20-10)12-5-3-2-4-6-12/h2-6,11,16H,7-9H2,1H3,(H,17,19). The minimum Gasteiger partial charge on any atom is -0.360 e. The van der Waals surface area contributed by atoms with Gasteiger partial charge in [-0.15, -0.1) is 0 Å². The number of aryl methyl sites for hydroxylation is 1. The minimum absolute atomic E-state index is 0.116. The predicted octanol–water partition coefficient (Wildman–Crippen LogP) is 1.60. The van der Waals surface area contributed by atoms with Gasteiger partial charge in [-0.25, -0.2) is 0 Å². The van der Waals surface area contributed by atoms with Gasteiger partial charge in [0.2, 0.25) is 0 Å². The van der Waals surface area contributed by atoms with Crippen LogP contribution in [0.15, 0.2) is 34.9 Å². The Bertz CT molecular complexity index is 603. The van der Waals surface area contributed by atoms with Crippen LogP contribution in [0.2, 0.25) is 0 Å². The molecule has 0 radical (unpaired) electrons. The van der Waals surface area contributed by atoms with Crippen LogP contribution in [-0.2, 0) is 0 Å². The molecule has 20 heavy (non-hydrogen) atoms. The lowest BCUT2D eigenvalue weighted by Gasteiger charge is -2.27. The number of benzene rings is 1. The number of hydrogen-bond acceptors (Lipinski definition) is 4. The summed E-state index contributed by atoms with van der Waals surface area (Å²) in [5, 5.41) is 10.2. The van der Waals surface area contributed by atoms with E-state index in [1.54, 1.807) is 6.92 Å². The van der Waals surface area contributed by atoms with E-state index in [0.29, 0.717) is 29.5 Å². The highest BCUT2D eigenvalue weighted by atomic mass is 16.5. The third-order valence-electron chi connectivity index (χ3n) is 3.55. The second kappa shape index (κ2) is 5.46. The van der Waals surface area contributed by atoms with E-state index in [-0.39, 0.29) is 5.91 Å². The lowest BCUT2D eigenvalue weighted by atomic mass is 10.0. The number of nitrogens with zero attached hydrogens (tertiary/aromatic N) is 1. The van der Waals surface area contributed by atoms with Crippen LogP contribution in [0.5, 0.6) is 0 Å². The van der Waals surface area contributed by atoms with Crippen molar-refractivity contribution in [3.8, 4) is 11.3 Å². The van der Waals surface area contributed by atoms with Crippen molar-refractivity contribution in [1.29, 1.82) is 0 Å². The molecule has 2 aromatic rings. The zero-order chi connectivity index (χ0) is 13.9. The first-order chi connectivity index (χ1) is 9.75. The van der Waals surface area contributed by atoms with Crippen molar-refractivity contribution in [1.82, 2.24) is 15.8 Å². The number of amides is 1. The molecule has 1 aliphatic rings. The largest absolute Gasteiger partial charge is 0.360 e. The lowest BCUT2D eigenvalue weighted by molar-refractivity contribution is 0.0941. The number of hydrogen-bond donors (Lipinski definition) is 2. The Labute approximate surface area is 117 Å². The summed E-state index contributed by atoms with van der Waals surface area (Å²) < 4.78 is 5.20. The van der Waals surface area contributed by atoms with Crippen molar-refractivity contribution < 1.29 is 9.32 Å². The van der Waals surface area contributed by atoms with E-state index in [9.17, 15) is 4.79 Å². The molecule has 2 N–H and O–H groups in total. The van der Waals surface area contributed by atoms with Gasteiger partial charge in [0.25, 0.3) is 5.91 Å². The SMILES string of the molecule is Cc1onc(-c2ccccc2)c1C(=O)NCC1CNC1. The molecule has 0 bridgehead atoms. The van der Waals surface area contributed by atoms with Crippen LogP contribution in [0.25, 0.3) is 11.3 Å². The minimum atomic E-state index is -0.116. The van der Waals surface area contributed by atoms with E-state index in [2.05, 4.69) is 15.8 Å². The highest BCUT2D eigenvalue weighted by Gasteiger charge is 2.23. The summed E-state index contributed by atoms with van der Waals surface area (Å²) in [5.41, 5.74) is 2.02. The Balaban J connectivity index is 1.81. The molecule has 1 aromatic heterocycles. The zero-order valence-electron chi connectivity index (χ0n) is 11.3. The Kier molecular flexibility index (Phi) is 3.52. The second-order valence-electron chi connectivity index (χ2n) is 5.06. The second-order valence-corrected chi connectivity index (χ2v) is 5.06. The number of carbonyl (C=O) groups excluding carboxylic acids is 1. The molecule has 1 aromatic carbocycles. The Morgan fingerprint density at radius 2 is 2.15 bits per heavy atom. The highest BCUT2D eigenvalue weighted by molar-refractivity contribution is 6.00. The lowest BCUT2D eigenvalue weighted by Crippen LogP contribution is -2.48. The summed E-state index contributed by atoms with van der Waals surface area (Å²) in [5.74, 6) is 0.960. The van der Waals surface area contributed by atoms with E-state index in [4.69, 9.17) is 4.52 Å². The Hall–Kier alpha value is -2.14. The number of rotatable bonds is 4. The van der Waals surface area contributed by atoms with Crippen molar-refractivity contribution in [3.63, 3.8) is 0 Å². The topological polar surface area (TPSA) is 67.2 Å². The third kappa shape index (κ3) is 2.44. The van der Waals surface area contributed by atoms with Crippen LogP contribution in [0.1, 0.15) is 16.1 Å². The van der Waals surface area contributed by atoms with E-state index >= 15 is 0 Å². The molecule has 5 nitrogen and oxygen atoms in total. The van der Waals surface area contributed by atoms with E-state index in [1.165, 1.54) is 0 Å². The molecule has 104 valence electrons. The van der Waals surface area contributed by atoms with Crippen molar-refractivity contribution in [3.05, 3.63) is 41.7 Å². The van der Waals surface area contributed by atoms with Crippen molar-refractivity contribution in [2.24, 2.45) is 5.92 Å². The molecular formula is C15H17N3O2. The molecule has 0 aliphatic carbocycles. The zero-order valence-corrected chi connectivity index (χ0v) is 11.3. The molecule has 1 saturated heterocycles. The molecule has 0 atom stereocenters. The van der Waals surface area contributed by atoms with Gasteiger partial charge < -0.3 is 15.2 Å². The first-order valence-electron chi connectivity index (χ1n) is 6.76. The van der Waals surface area contributed by atoms with Gasteiger partial charge in [-0.05, 0) is 6.92 Å². The van der Waals surface area contributed by atoms with Crippen molar-refractivity contribution in [2.75, 3.05) is 19.6 Å². The highest BCUT2D eigenvalue weighted by Crippen LogP contribution is 2.24. The molecule has 3 rings (SSSR count). The van der Waals surface area contributed by atoms with Crippen LogP contribution >= 0.6 is 0 Å². The average Bonchev–Trinajstić information content (AvgIpc) is 2.80. The molecular weight excluding hydrogens is 254 g/mol. The maximum atomic E-state index is 12.3. The molecule has 2 heterocycles. The van der Waals surface area contributed by atoms with E-state index < -0.39 is 0 Å². The number of carbonyl (C=O) groups is 1. The fraction of sp³-hybridized carbons (Fsp3) is 0.333. The summed E-state index contributed by atoms with van der Waals surface area (Å²) in [7, 11) is 0. The maximum absolute atomic E-state index is 12.3. The van der Waals surface area contributed by atoms with Gasteiger partial charge in [-0.3, -0.25) is 4.79 Å². The monoisotopic (exact) mass is 271 g/mol. The first kappa shape index (κ1) is 12.9. The van der Waals surface area contributed by atoms with Gasteiger partial charge in [0.15, 0.2) is 0 Å². The van der Waals surface area contributed by atoms with E-state index in [1.807, 2.05) is 30.3 Å². The quantitative estimate of drug-likeness (QED) is 0.886. The smallest absolute Gasteiger partial charge is 0.257 e. The normalized spacial score (nSPS) is 14.8. The number of nitrogens with one attached hydrogen (secondary N) is 2. The molecule has 0 saturated carbocycles. The van der Waals surface area contributed by atoms with Crippen molar-refractivity contribution in [2.45, 2.75) is 6.92 Å². The van der Waals surface area contributed by atoms with Crippen LogP contribution in [0.4, 0.5) is 0 Å². The number of aromatic nitrogens is 1. The molecule has 0 spiro atoms. The summed E-state index contributed by atoms with van der Waals surface area (Å²) >= 11 is 0. The summed E-state index contributed by atoms with van der Waals surface area (Å²) in [6, 6.07) is 9.61. The van der Waals surface area contributed by atoms with Gasteiger partial charge in [-0.1, -0.05) is 35.5 Å². The molecule has 1 fully saturated rings. The summed E-state index contributed by atoms with van der Waals surface area (Å²) in [6.07, 6.45) is 0. The molecule has 0 unspecified atom stereocenters. The van der Waals surface area contributed by atoms with Gasteiger partial charge in [0, 0.05) is 31.1 Å². The summed E-state index contributed by atoms with van der Waals surface area (Å²) in [4.78, 5) is 12.3. The molecule has 1 aliphatic heterocycles. The van der Waals surface area contributed by atoms with Crippen molar-refractivity contribution >= 4 is 5.91 Å². The first-order valence-corrected chi connectivity index (χ1v) is 6.76. The van der Waals surface area contributed by atoms with Gasteiger partial charge in [0.1, 0.15) is 17.0 Å². The van der Waals surface area contributed by atoms with E-state index in [0.717, 1.165) is 18.7 Å². The maximum Gasteiger partial charge on any atom is 0.257 e. The average molecular weight is 271 g/mol. The van der Waals surface area contributed by atoms with Gasteiger partial charge in [-0.2, -0.15) is 0 Å². The van der Waals surface area contributed by atoms with Crippen LogP contribution in [0, 0.1) is 12.8 Å². The Morgan fingerprint density at radius 1 is 1.40 bits per heavy atom. The fourth-order valence-corrected chi connectivity index (χ4v) is 2.25. The Morgan fingerprint density at radius 3 is 2.80 bits per heavy atom. The fourth-order valence-electron chi connectivity index (χ4n) is 2.25. The molecule has 1 amide bonds. The molecule has 5 heteroatoms.